The summed E-state index contributed by atoms with van der Waals surface area (Å²) < 4.78 is 1.56. The van der Waals surface area contributed by atoms with Crippen LogP contribution in [0.4, 0.5) is 11.4 Å². The first-order valence-electron chi connectivity index (χ1n) is 8.55. The molecule has 2 aromatic carbocycles. The molecular formula is C19H18N4O4S. The number of hydrogen-bond donors (Lipinski definition) is 1. The van der Waals surface area contributed by atoms with Crippen molar-refractivity contribution < 1.29 is 9.72 Å². The van der Waals surface area contributed by atoms with Crippen LogP contribution in [0.2, 0.25) is 0 Å². The van der Waals surface area contributed by atoms with Gasteiger partial charge in [0.25, 0.3) is 11.2 Å². The number of non-ortho nitro benzene ring substituents is 1. The number of para-hydroxylation sites is 1. The number of benzene rings is 2. The van der Waals surface area contributed by atoms with Gasteiger partial charge in [-0.05, 0) is 32.0 Å². The number of aromatic nitrogens is 2. The first-order valence-corrected chi connectivity index (χ1v) is 9.53. The van der Waals surface area contributed by atoms with E-state index in [9.17, 15) is 19.7 Å². The monoisotopic (exact) mass is 398 g/mol. The number of amides is 1. The van der Waals surface area contributed by atoms with Gasteiger partial charge < -0.3 is 5.32 Å². The van der Waals surface area contributed by atoms with Gasteiger partial charge in [-0.2, -0.15) is 0 Å². The van der Waals surface area contributed by atoms with Gasteiger partial charge in [0.1, 0.15) is 0 Å². The van der Waals surface area contributed by atoms with Crippen molar-refractivity contribution >= 4 is 39.9 Å². The Morgan fingerprint density at radius 3 is 2.71 bits per heavy atom. The maximum absolute atomic E-state index is 12.8. The molecule has 28 heavy (non-hydrogen) atoms. The quantitative estimate of drug-likeness (QED) is 0.294. The predicted molar refractivity (Wildman–Crippen MR) is 109 cm³/mol. The van der Waals surface area contributed by atoms with E-state index < -0.39 is 4.92 Å². The van der Waals surface area contributed by atoms with E-state index in [1.165, 1.54) is 18.2 Å². The minimum atomic E-state index is -0.523. The minimum absolute atomic E-state index is 0.0141. The Bertz CT molecular complexity index is 1110. The SMILES string of the molecule is CC(C)n1c(SCC(=O)Nc2cccc([N+](=O)[O-])c2)nc2ccccc2c1=O. The van der Waals surface area contributed by atoms with Crippen LogP contribution in [-0.2, 0) is 4.79 Å². The summed E-state index contributed by atoms with van der Waals surface area (Å²) in [5.41, 5.74) is 0.663. The number of nitrogens with zero attached hydrogens (tertiary/aromatic N) is 3. The summed E-state index contributed by atoms with van der Waals surface area (Å²) in [7, 11) is 0. The highest BCUT2D eigenvalue weighted by Gasteiger charge is 2.15. The third-order valence-electron chi connectivity index (χ3n) is 3.96. The molecule has 8 nitrogen and oxygen atoms in total. The van der Waals surface area contributed by atoms with E-state index in [1.807, 2.05) is 13.8 Å². The van der Waals surface area contributed by atoms with Crippen molar-refractivity contribution in [2.24, 2.45) is 0 Å². The lowest BCUT2D eigenvalue weighted by atomic mass is 10.2. The van der Waals surface area contributed by atoms with Crippen molar-refractivity contribution in [3.63, 3.8) is 0 Å². The van der Waals surface area contributed by atoms with E-state index in [0.29, 0.717) is 21.7 Å². The Morgan fingerprint density at radius 2 is 2.00 bits per heavy atom. The minimum Gasteiger partial charge on any atom is -0.325 e. The fraction of sp³-hybridized carbons (Fsp3) is 0.211. The molecule has 9 heteroatoms. The maximum Gasteiger partial charge on any atom is 0.271 e. The Hall–Kier alpha value is -3.20. The average Bonchev–Trinajstić information content (AvgIpc) is 2.66. The van der Waals surface area contributed by atoms with Crippen LogP contribution >= 0.6 is 11.8 Å². The molecule has 0 aliphatic rings. The number of thioether (sulfide) groups is 1. The molecule has 1 amide bonds. The van der Waals surface area contributed by atoms with Crippen molar-refractivity contribution in [3.8, 4) is 0 Å². The van der Waals surface area contributed by atoms with E-state index in [2.05, 4.69) is 10.3 Å². The highest BCUT2D eigenvalue weighted by atomic mass is 32.2. The molecule has 3 aromatic rings. The molecule has 3 rings (SSSR count). The van der Waals surface area contributed by atoms with Crippen LogP contribution in [0, 0.1) is 10.1 Å². The molecule has 0 unspecified atom stereocenters. The second-order valence-corrected chi connectivity index (χ2v) is 7.27. The largest absolute Gasteiger partial charge is 0.325 e. The van der Waals surface area contributed by atoms with Gasteiger partial charge >= 0.3 is 0 Å². The Kier molecular flexibility index (Phi) is 5.74. The summed E-state index contributed by atoms with van der Waals surface area (Å²) in [6.07, 6.45) is 0. The Morgan fingerprint density at radius 1 is 1.25 bits per heavy atom. The van der Waals surface area contributed by atoms with Gasteiger partial charge in [-0.25, -0.2) is 4.98 Å². The van der Waals surface area contributed by atoms with Crippen LogP contribution < -0.4 is 10.9 Å². The second kappa shape index (κ2) is 8.22. The van der Waals surface area contributed by atoms with Gasteiger partial charge in [0.05, 0.1) is 21.6 Å². The molecule has 0 aliphatic heterocycles. The molecule has 0 radical (unpaired) electrons. The van der Waals surface area contributed by atoms with Crippen molar-refractivity contribution in [3.05, 3.63) is 69.0 Å². The van der Waals surface area contributed by atoms with E-state index in [0.717, 1.165) is 11.8 Å². The molecule has 0 fully saturated rings. The average molecular weight is 398 g/mol. The number of nitro groups is 1. The number of nitro benzene ring substituents is 1. The molecule has 1 heterocycles. The summed E-state index contributed by atoms with van der Waals surface area (Å²) in [5.74, 6) is -0.330. The van der Waals surface area contributed by atoms with E-state index in [-0.39, 0.29) is 28.9 Å². The Labute approximate surface area is 164 Å². The molecule has 0 aliphatic carbocycles. The molecule has 1 N–H and O–H groups in total. The second-order valence-electron chi connectivity index (χ2n) is 6.32. The normalized spacial score (nSPS) is 11.0. The van der Waals surface area contributed by atoms with Crippen molar-refractivity contribution in [1.29, 1.82) is 0 Å². The van der Waals surface area contributed by atoms with Gasteiger partial charge in [0.2, 0.25) is 5.91 Å². The third kappa shape index (κ3) is 4.20. The summed E-state index contributed by atoms with van der Waals surface area (Å²) in [6.45, 7) is 3.76. The number of carbonyl (C=O) groups excluding carboxylic acids is 1. The summed E-state index contributed by atoms with van der Waals surface area (Å²) in [5, 5.41) is 14.4. The van der Waals surface area contributed by atoms with Crippen molar-refractivity contribution in [2.45, 2.75) is 25.0 Å². The predicted octanol–water partition coefficient (Wildman–Crippen LogP) is 3.62. The topological polar surface area (TPSA) is 107 Å². The molecule has 0 saturated carbocycles. The number of rotatable bonds is 6. The molecule has 0 spiro atoms. The molecular weight excluding hydrogens is 380 g/mol. The van der Waals surface area contributed by atoms with Gasteiger partial charge in [0, 0.05) is 23.9 Å². The molecule has 0 bridgehead atoms. The van der Waals surface area contributed by atoms with Gasteiger partial charge in [-0.3, -0.25) is 24.3 Å². The first kappa shape index (κ1) is 19.6. The summed E-state index contributed by atoms with van der Waals surface area (Å²) in [4.78, 5) is 39.9. The van der Waals surface area contributed by atoms with E-state index >= 15 is 0 Å². The van der Waals surface area contributed by atoms with Crippen LogP contribution in [0.1, 0.15) is 19.9 Å². The molecule has 1 aromatic heterocycles. The van der Waals surface area contributed by atoms with Crippen molar-refractivity contribution in [1.82, 2.24) is 9.55 Å². The number of fused-ring (bicyclic) bond motifs is 1. The van der Waals surface area contributed by atoms with Crippen LogP contribution in [0.5, 0.6) is 0 Å². The number of hydrogen-bond acceptors (Lipinski definition) is 6. The molecule has 0 atom stereocenters. The lowest BCUT2D eigenvalue weighted by Crippen LogP contribution is -2.25. The smallest absolute Gasteiger partial charge is 0.271 e. The highest BCUT2D eigenvalue weighted by Crippen LogP contribution is 2.22. The zero-order chi connectivity index (χ0) is 20.3. The highest BCUT2D eigenvalue weighted by molar-refractivity contribution is 7.99. The van der Waals surface area contributed by atoms with Crippen LogP contribution in [0.15, 0.2) is 58.5 Å². The van der Waals surface area contributed by atoms with Crippen LogP contribution in [0.25, 0.3) is 10.9 Å². The van der Waals surface area contributed by atoms with Crippen molar-refractivity contribution in [2.75, 3.05) is 11.1 Å². The molecule has 0 saturated heterocycles. The number of carbonyl (C=O) groups is 1. The van der Waals surface area contributed by atoms with E-state index in [4.69, 9.17) is 0 Å². The first-order chi connectivity index (χ1) is 13.4. The number of anilines is 1. The third-order valence-corrected chi connectivity index (χ3v) is 4.92. The number of nitrogens with one attached hydrogen (secondary N) is 1. The fourth-order valence-electron chi connectivity index (χ4n) is 2.71. The summed E-state index contributed by atoms with van der Waals surface area (Å²) >= 11 is 1.15. The van der Waals surface area contributed by atoms with Gasteiger partial charge in [-0.15, -0.1) is 0 Å². The van der Waals surface area contributed by atoms with Crippen LogP contribution in [0.3, 0.4) is 0 Å². The lowest BCUT2D eigenvalue weighted by Gasteiger charge is -2.16. The summed E-state index contributed by atoms with van der Waals surface area (Å²) in [6, 6.07) is 12.7. The Balaban J connectivity index is 1.80. The standard InChI is InChI=1S/C19H18N4O4S/c1-12(2)22-18(25)15-8-3-4-9-16(15)21-19(22)28-11-17(24)20-13-6-5-7-14(10-13)23(26)27/h3-10,12H,11H2,1-2H3,(H,20,24). The van der Waals surface area contributed by atoms with E-state index in [1.54, 1.807) is 34.9 Å². The fourth-order valence-corrected chi connectivity index (χ4v) is 3.64. The zero-order valence-electron chi connectivity index (χ0n) is 15.3. The van der Waals surface area contributed by atoms with Crippen LogP contribution in [-0.4, -0.2) is 26.1 Å². The molecule has 144 valence electrons. The lowest BCUT2D eigenvalue weighted by molar-refractivity contribution is -0.384. The van der Waals surface area contributed by atoms with Gasteiger partial charge in [-0.1, -0.05) is 30.0 Å². The zero-order valence-corrected chi connectivity index (χ0v) is 16.1. The van der Waals surface area contributed by atoms with Gasteiger partial charge in [0.15, 0.2) is 5.16 Å². The maximum atomic E-state index is 12.8.